The summed E-state index contributed by atoms with van der Waals surface area (Å²) in [5, 5.41) is 9.07. The summed E-state index contributed by atoms with van der Waals surface area (Å²) in [6.07, 6.45) is 2.39. The van der Waals surface area contributed by atoms with Crippen LogP contribution >= 0.6 is 11.8 Å². The van der Waals surface area contributed by atoms with Crippen LogP contribution in [0.25, 0.3) is 11.0 Å². The number of H-pyrrole nitrogens is 1. The fraction of sp³-hybridized carbons (Fsp3) is 0.385. The van der Waals surface area contributed by atoms with E-state index in [4.69, 9.17) is 5.26 Å². The van der Waals surface area contributed by atoms with E-state index in [1.54, 1.807) is 0 Å². The van der Waals surface area contributed by atoms with Crippen LogP contribution in [-0.2, 0) is 4.75 Å². The van der Waals surface area contributed by atoms with Gasteiger partial charge in [-0.15, -0.1) is 11.8 Å². The minimum Gasteiger partial charge on any atom is -0.341 e. The van der Waals surface area contributed by atoms with Crippen LogP contribution in [0.2, 0.25) is 0 Å². The maximum Gasteiger partial charge on any atom is 0.123 e. The highest BCUT2D eigenvalue weighted by Crippen LogP contribution is 2.45. The summed E-state index contributed by atoms with van der Waals surface area (Å²) >= 11 is 1.95. The number of aromatic amines is 1. The summed E-state index contributed by atoms with van der Waals surface area (Å²) in [4.78, 5) is 8.01. The topological polar surface area (TPSA) is 52.5 Å². The van der Waals surface area contributed by atoms with Crippen molar-refractivity contribution in [2.75, 3.05) is 5.75 Å². The zero-order valence-corrected chi connectivity index (χ0v) is 10.5. The SMILES string of the molecule is CC1(c2nc3c(C#N)cccc3[nH]2)CCCS1. The molecule has 1 aromatic heterocycles. The van der Waals surface area contributed by atoms with Crippen LogP contribution < -0.4 is 0 Å². The first-order valence-electron chi connectivity index (χ1n) is 5.76. The molecule has 2 aromatic rings. The maximum absolute atomic E-state index is 9.07. The number of fused-ring (bicyclic) bond motifs is 1. The second-order valence-corrected chi connectivity index (χ2v) is 6.18. The minimum absolute atomic E-state index is 0.0890. The van der Waals surface area contributed by atoms with Gasteiger partial charge in [-0.25, -0.2) is 4.98 Å². The van der Waals surface area contributed by atoms with Gasteiger partial charge in [0.15, 0.2) is 0 Å². The Morgan fingerprint density at radius 2 is 2.41 bits per heavy atom. The number of aromatic nitrogens is 2. The van der Waals surface area contributed by atoms with Crippen molar-refractivity contribution in [3.63, 3.8) is 0 Å². The number of benzene rings is 1. The van der Waals surface area contributed by atoms with Crippen molar-refractivity contribution in [2.24, 2.45) is 0 Å². The molecular formula is C13H13N3S. The number of nitrogens with zero attached hydrogens (tertiary/aromatic N) is 2. The maximum atomic E-state index is 9.07. The van der Waals surface area contributed by atoms with Gasteiger partial charge < -0.3 is 4.98 Å². The van der Waals surface area contributed by atoms with Crippen molar-refractivity contribution in [1.29, 1.82) is 5.26 Å². The first kappa shape index (κ1) is 10.7. The Labute approximate surface area is 104 Å². The number of hydrogen-bond acceptors (Lipinski definition) is 3. The van der Waals surface area contributed by atoms with E-state index in [1.807, 2.05) is 30.0 Å². The zero-order chi connectivity index (χ0) is 11.9. The molecule has 3 nitrogen and oxygen atoms in total. The molecule has 1 aliphatic heterocycles. The number of nitriles is 1. The summed E-state index contributed by atoms with van der Waals surface area (Å²) in [6, 6.07) is 7.89. The number of para-hydroxylation sites is 1. The number of nitrogens with one attached hydrogen (secondary N) is 1. The molecule has 0 aliphatic carbocycles. The first-order chi connectivity index (χ1) is 8.23. The van der Waals surface area contributed by atoms with E-state index >= 15 is 0 Å². The molecule has 0 saturated carbocycles. The predicted octanol–water partition coefficient (Wildman–Crippen LogP) is 3.18. The second-order valence-electron chi connectivity index (χ2n) is 4.58. The third-order valence-corrected chi connectivity index (χ3v) is 4.88. The van der Waals surface area contributed by atoms with Crippen LogP contribution in [0, 0.1) is 11.3 Å². The van der Waals surface area contributed by atoms with E-state index in [-0.39, 0.29) is 4.75 Å². The quantitative estimate of drug-likeness (QED) is 0.837. The Morgan fingerprint density at radius 1 is 1.53 bits per heavy atom. The summed E-state index contributed by atoms with van der Waals surface area (Å²) in [5.41, 5.74) is 2.42. The van der Waals surface area contributed by atoms with Gasteiger partial charge in [-0.3, -0.25) is 0 Å². The van der Waals surface area contributed by atoms with Gasteiger partial charge in [0.05, 0.1) is 15.8 Å². The van der Waals surface area contributed by atoms with E-state index in [9.17, 15) is 0 Å². The Hall–Kier alpha value is -1.47. The Bertz CT molecular complexity index is 603. The lowest BCUT2D eigenvalue weighted by molar-refractivity contribution is 0.614. The Balaban J connectivity index is 2.17. The molecule has 3 rings (SSSR count). The number of imidazole rings is 1. The van der Waals surface area contributed by atoms with Gasteiger partial charge in [-0.05, 0) is 37.7 Å². The highest BCUT2D eigenvalue weighted by molar-refractivity contribution is 8.00. The molecule has 1 aliphatic rings. The molecule has 1 aromatic carbocycles. The van der Waals surface area contributed by atoms with Crippen LogP contribution in [0.15, 0.2) is 18.2 Å². The number of rotatable bonds is 1. The molecule has 2 heterocycles. The average Bonchev–Trinajstić information content (AvgIpc) is 2.95. The minimum atomic E-state index is 0.0890. The lowest BCUT2D eigenvalue weighted by Gasteiger charge is -2.18. The molecule has 86 valence electrons. The molecule has 0 spiro atoms. The van der Waals surface area contributed by atoms with Gasteiger partial charge in [-0.2, -0.15) is 5.26 Å². The molecule has 1 fully saturated rings. The summed E-state index contributed by atoms with van der Waals surface area (Å²) < 4.78 is 0.0890. The average molecular weight is 243 g/mol. The fourth-order valence-electron chi connectivity index (χ4n) is 2.34. The largest absolute Gasteiger partial charge is 0.341 e. The first-order valence-corrected chi connectivity index (χ1v) is 6.75. The molecule has 4 heteroatoms. The van der Waals surface area contributed by atoms with Crippen molar-refractivity contribution in [1.82, 2.24) is 9.97 Å². The highest BCUT2D eigenvalue weighted by Gasteiger charge is 2.34. The van der Waals surface area contributed by atoms with E-state index in [0.717, 1.165) is 23.3 Å². The molecule has 0 radical (unpaired) electrons. The molecule has 17 heavy (non-hydrogen) atoms. The molecule has 1 unspecified atom stereocenters. The van der Waals surface area contributed by atoms with Gasteiger partial charge in [-0.1, -0.05) is 6.07 Å². The van der Waals surface area contributed by atoms with E-state index in [2.05, 4.69) is 23.0 Å². The van der Waals surface area contributed by atoms with Gasteiger partial charge in [0.25, 0.3) is 0 Å². The molecule has 1 saturated heterocycles. The van der Waals surface area contributed by atoms with E-state index in [0.29, 0.717) is 5.56 Å². The normalized spacial score (nSPS) is 24.0. The van der Waals surface area contributed by atoms with Crippen LogP contribution in [0.4, 0.5) is 0 Å². The predicted molar refractivity (Wildman–Crippen MR) is 69.9 cm³/mol. The molecule has 0 bridgehead atoms. The van der Waals surface area contributed by atoms with Crippen LogP contribution in [0.1, 0.15) is 31.2 Å². The summed E-state index contributed by atoms with van der Waals surface area (Å²) in [6.45, 7) is 2.23. The van der Waals surface area contributed by atoms with E-state index < -0.39 is 0 Å². The van der Waals surface area contributed by atoms with Crippen molar-refractivity contribution in [3.8, 4) is 6.07 Å². The van der Waals surface area contributed by atoms with Crippen molar-refractivity contribution < 1.29 is 0 Å². The lowest BCUT2D eigenvalue weighted by Crippen LogP contribution is -2.14. The van der Waals surface area contributed by atoms with Crippen molar-refractivity contribution >= 4 is 22.8 Å². The third-order valence-electron chi connectivity index (χ3n) is 3.35. The molecule has 1 atom stereocenters. The van der Waals surface area contributed by atoms with Crippen LogP contribution in [0.5, 0.6) is 0 Å². The fourth-order valence-corrected chi connectivity index (χ4v) is 3.60. The Morgan fingerprint density at radius 3 is 3.12 bits per heavy atom. The van der Waals surface area contributed by atoms with Gasteiger partial charge in [0.2, 0.25) is 0 Å². The van der Waals surface area contributed by atoms with Crippen molar-refractivity contribution in [3.05, 3.63) is 29.6 Å². The highest BCUT2D eigenvalue weighted by atomic mass is 32.2. The molecule has 1 N–H and O–H groups in total. The lowest BCUT2D eigenvalue weighted by atomic mass is 10.1. The van der Waals surface area contributed by atoms with Crippen LogP contribution in [0.3, 0.4) is 0 Å². The van der Waals surface area contributed by atoms with E-state index in [1.165, 1.54) is 12.2 Å². The summed E-state index contributed by atoms with van der Waals surface area (Å²) in [7, 11) is 0. The van der Waals surface area contributed by atoms with Crippen molar-refractivity contribution in [2.45, 2.75) is 24.5 Å². The van der Waals surface area contributed by atoms with Gasteiger partial charge in [0.1, 0.15) is 17.4 Å². The smallest absolute Gasteiger partial charge is 0.123 e. The molecular weight excluding hydrogens is 230 g/mol. The number of thioether (sulfide) groups is 1. The Kier molecular flexibility index (Phi) is 2.37. The summed E-state index contributed by atoms with van der Waals surface area (Å²) in [5.74, 6) is 2.20. The second kappa shape index (κ2) is 3.78. The zero-order valence-electron chi connectivity index (χ0n) is 9.66. The van der Waals surface area contributed by atoms with Gasteiger partial charge >= 0.3 is 0 Å². The van der Waals surface area contributed by atoms with Crippen LogP contribution in [-0.4, -0.2) is 15.7 Å². The monoisotopic (exact) mass is 243 g/mol. The number of hydrogen-bond donors (Lipinski definition) is 1. The third kappa shape index (κ3) is 1.62. The standard InChI is InChI=1S/C13H13N3S/c1-13(6-3-7-17-13)12-15-10-5-2-4-9(8-14)11(10)16-12/h2,4-5H,3,6-7H2,1H3,(H,15,16). The molecule has 0 amide bonds. The van der Waals surface area contributed by atoms with Gasteiger partial charge in [0, 0.05) is 0 Å².